The van der Waals surface area contributed by atoms with Gasteiger partial charge in [0.25, 0.3) is 0 Å². The highest BCUT2D eigenvalue weighted by molar-refractivity contribution is 7.54. The van der Waals surface area contributed by atoms with E-state index in [-0.39, 0.29) is 25.0 Å². The molecule has 0 aliphatic carbocycles. The van der Waals surface area contributed by atoms with Crippen molar-refractivity contribution in [3.05, 3.63) is 11.6 Å². The average molecular weight is 323 g/mol. The fraction of sp³-hybridized carbons (Fsp3) is 0.769. The number of allylic oxidation sites excluding steroid dienone is 1. The van der Waals surface area contributed by atoms with Crippen LogP contribution in [-0.2, 0) is 13.6 Å². The number of carboxylic acid groups (broad SMARTS) is 1. The van der Waals surface area contributed by atoms with E-state index in [9.17, 15) is 9.36 Å². The summed E-state index contributed by atoms with van der Waals surface area (Å²) in [5.74, 6) is 0. The van der Waals surface area contributed by atoms with E-state index < -0.39 is 19.7 Å². The fourth-order valence-corrected chi connectivity index (χ4v) is 3.94. The Morgan fingerprint density at radius 1 is 1.24 bits per heavy atom. The molecule has 0 unspecified atom stereocenters. The van der Waals surface area contributed by atoms with Gasteiger partial charge in [-0.15, -0.1) is 0 Å². The van der Waals surface area contributed by atoms with Crippen molar-refractivity contribution in [3.63, 3.8) is 0 Å². The zero-order valence-corrected chi connectivity index (χ0v) is 14.1. The second kappa shape index (κ2) is 9.20. The molecule has 0 radical (unpaired) electrons. The number of rotatable bonds is 9. The van der Waals surface area contributed by atoms with Gasteiger partial charge in [0.1, 0.15) is 0 Å². The standard InChI is InChI=1S/C13H26NO6P/c1-9(2)19-21(18,20-10(3)4)8-11(5)6-12(7-15)14-13(16)17/h6,9-10,12,14-15H,7-8H2,1-5H3,(H,16,17)/t12-/m1/s1. The third-order valence-electron chi connectivity index (χ3n) is 2.18. The third-order valence-corrected chi connectivity index (χ3v) is 4.55. The van der Waals surface area contributed by atoms with Crippen molar-refractivity contribution in [1.82, 2.24) is 5.32 Å². The largest absolute Gasteiger partial charge is 0.465 e. The Bertz CT molecular complexity index is 393. The van der Waals surface area contributed by atoms with Gasteiger partial charge in [-0.05, 0) is 34.6 Å². The molecule has 0 saturated carbocycles. The predicted octanol–water partition coefficient (Wildman–Crippen LogP) is 2.60. The van der Waals surface area contributed by atoms with Crippen LogP contribution >= 0.6 is 7.60 Å². The molecule has 0 heterocycles. The first-order valence-corrected chi connectivity index (χ1v) is 8.54. The molecule has 0 spiro atoms. The summed E-state index contributed by atoms with van der Waals surface area (Å²) in [6, 6.07) is -0.756. The minimum atomic E-state index is -3.31. The van der Waals surface area contributed by atoms with Crippen LogP contribution < -0.4 is 5.32 Å². The summed E-state index contributed by atoms with van der Waals surface area (Å²) >= 11 is 0. The molecule has 0 bridgehead atoms. The number of carbonyl (C=O) groups is 1. The molecule has 21 heavy (non-hydrogen) atoms. The molecule has 8 heteroatoms. The van der Waals surface area contributed by atoms with Crippen LogP contribution in [0.15, 0.2) is 11.6 Å². The van der Waals surface area contributed by atoms with Gasteiger partial charge < -0.3 is 24.6 Å². The zero-order valence-electron chi connectivity index (χ0n) is 13.2. The molecular weight excluding hydrogens is 297 g/mol. The lowest BCUT2D eigenvalue weighted by Crippen LogP contribution is -2.35. The number of aliphatic hydroxyl groups is 1. The molecule has 0 aromatic heterocycles. The van der Waals surface area contributed by atoms with E-state index in [4.69, 9.17) is 19.3 Å². The van der Waals surface area contributed by atoms with Crippen LogP contribution in [0.1, 0.15) is 34.6 Å². The second-order valence-corrected chi connectivity index (χ2v) is 7.29. The quantitative estimate of drug-likeness (QED) is 0.445. The Morgan fingerprint density at radius 3 is 2.05 bits per heavy atom. The number of amides is 1. The van der Waals surface area contributed by atoms with Gasteiger partial charge in [-0.3, -0.25) is 4.57 Å². The molecule has 0 aliphatic rings. The van der Waals surface area contributed by atoms with Gasteiger partial charge in [-0.25, -0.2) is 4.79 Å². The molecular formula is C13H26NO6P. The smallest absolute Gasteiger partial charge is 0.405 e. The molecule has 7 nitrogen and oxygen atoms in total. The first-order chi connectivity index (χ1) is 9.58. The van der Waals surface area contributed by atoms with Crippen molar-refractivity contribution in [3.8, 4) is 0 Å². The van der Waals surface area contributed by atoms with Gasteiger partial charge in [-0.2, -0.15) is 0 Å². The Kier molecular flexibility index (Phi) is 8.82. The van der Waals surface area contributed by atoms with E-state index >= 15 is 0 Å². The summed E-state index contributed by atoms with van der Waals surface area (Å²) in [5.41, 5.74) is 0.618. The van der Waals surface area contributed by atoms with Crippen LogP contribution in [0.3, 0.4) is 0 Å². The van der Waals surface area contributed by atoms with Crippen LogP contribution in [0.25, 0.3) is 0 Å². The summed E-state index contributed by atoms with van der Waals surface area (Å²) in [6.07, 6.45) is -0.200. The Morgan fingerprint density at radius 2 is 1.71 bits per heavy atom. The SMILES string of the molecule is CC(=C[C@H](CO)NC(=O)O)CP(=O)(OC(C)C)OC(C)C. The van der Waals surface area contributed by atoms with E-state index in [0.29, 0.717) is 5.57 Å². The van der Waals surface area contributed by atoms with Gasteiger partial charge in [0, 0.05) is 0 Å². The first-order valence-electron chi connectivity index (χ1n) is 6.81. The van der Waals surface area contributed by atoms with Gasteiger partial charge in [0.2, 0.25) is 0 Å². The summed E-state index contributed by atoms with van der Waals surface area (Å²) < 4.78 is 23.5. The van der Waals surface area contributed by atoms with Crippen LogP contribution in [0.4, 0.5) is 4.79 Å². The molecule has 0 aromatic rings. The van der Waals surface area contributed by atoms with Crippen molar-refractivity contribution in [2.75, 3.05) is 12.8 Å². The lowest BCUT2D eigenvalue weighted by Gasteiger charge is -2.23. The second-order valence-electron chi connectivity index (χ2n) is 5.33. The first kappa shape index (κ1) is 20.1. The maximum absolute atomic E-state index is 12.7. The number of aliphatic hydroxyl groups excluding tert-OH is 1. The molecule has 0 aromatic carbocycles. The highest BCUT2D eigenvalue weighted by atomic mass is 31.2. The monoisotopic (exact) mass is 323 g/mol. The zero-order chi connectivity index (χ0) is 16.6. The van der Waals surface area contributed by atoms with Crippen molar-refractivity contribution >= 4 is 13.7 Å². The summed E-state index contributed by atoms with van der Waals surface area (Å²) in [6.45, 7) is 8.35. The molecule has 0 fully saturated rings. The number of hydrogen-bond acceptors (Lipinski definition) is 5. The maximum Gasteiger partial charge on any atom is 0.405 e. The van der Waals surface area contributed by atoms with Gasteiger partial charge in [0.15, 0.2) is 0 Å². The fourth-order valence-electron chi connectivity index (χ4n) is 1.74. The average Bonchev–Trinajstić information content (AvgIpc) is 2.23. The highest BCUT2D eigenvalue weighted by Gasteiger charge is 2.28. The van der Waals surface area contributed by atoms with E-state index in [1.807, 2.05) is 0 Å². The molecule has 1 amide bonds. The van der Waals surface area contributed by atoms with E-state index in [1.54, 1.807) is 34.6 Å². The Hall–Kier alpha value is -0.880. The van der Waals surface area contributed by atoms with Crippen molar-refractivity contribution in [2.24, 2.45) is 0 Å². The lowest BCUT2D eigenvalue weighted by molar-refractivity contribution is 0.144. The lowest BCUT2D eigenvalue weighted by atomic mass is 10.2. The summed E-state index contributed by atoms with van der Waals surface area (Å²) in [5, 5.41) is 19.9. The molecule has 124 valence electrons. The van der Waals surface area contributed by atoms with Crippen molar-refractivity contribution in [1.29, 1.82) is 0 Å². The predicted molar refractivity (Wildman–Crippen MR) is 80.7 cm³/mol. The third kappa shape index (κ3) is 9.63. The summed E-state index contributed by atoms with van der Waals surface area (Å²) in [7, 11) is -3.31. The molecule has 3 N–H and O–H groups in total. The maximum atomic E-state index is 12.7. The minimum Gasteiger partial charge on any atom is -0.465 e. The van der Waals surface area contributed by atoms with E-state index in [1.165, 1.54) is 6.08 Å². The van der Waals surface area contributed by atoms with Gasteiger partial charge in [0.05, 0.1) is 31.0 Å². The normalized spacial score (nSPS) is 14.6. The van der Waals surface area contributed by atoms with Crippen LogP contribution in [-0.4, -0.2) is 47.3 Å². The molecule has 0 aliphatic heterocycles. The van der Waals surface area contributed by atoms with Crippen LogP contribution in [0.5, 0.6) is 0 Å². The molecule has 1 atom stereocenters. The van der Waals surface area contributed by atoms with Crippen molar-refractivity contribution in [2.45, 2.75) is 52.9 Å². The van der Waals surface area contributed by atoms with Crippen molar-refractivity contribution < 1.29 is 28.6 Å². The number of hydrogen-bond donors (Lipinski definition) is 3. The van der Waals surface area contributed by atoms with Crippen LogP contribution in [0, 0.1) is 0 Å². The van der Waals surface area contributed by atoms with E-state index in [0.717, 1.165) is 0 Å². The van der Waals surface area contributed by atoms with Gasteiger partial charge in [-0.1, -0.05) is 11.6 Å². The molecule has 0 saturated heterocycles. The molecule has 0 rings (SSSR count). The topological polar surface area (TPSA) is 105 Å². The van der Waals surface area contributed by atoms with E-state index in [2.05, 4.69) is 5.32 Å². The van der Waals surface area contributed by atoms with Crippen LogP contribution in [0.2, 0.25) is 0 Å². The minimum absolute atomic E-state index is 0.0428. The Labute approximate surface area is 125 Å². The highest BCUT2D eigenvalue weighted by Crippen LogP contribution is 2.51. The van der Waals surface area contributed by atoms with Gasteiger partial charge >= 0.3 is 13.7 Å². The number of nitrogens with one attached hydrogen (secondary N) is 1. The Balaban J connectivity index is 4.97. The summed E-state index contributed by atoms with van der Waals surface area (Å²) in [4.78, 5) is 10.6.